The molecule has 2 atom stereocenters. The van der Waals surface area contributed by atoms with Crippen LogP contribution in [0.5, 0.6) is 0 Å². The van der Waals surface area contributed by atoms with Gasteiger partial charge in [0.2, 0.25) is 0 Å². The monoisotopic (exact) mass is 361 g/mol. The van der Waals surface area contributed by atoms with Crippen LogP contribution in [0.15, 0.2) is 35.0 Å². The number of aliphatic hydroxyl groups excluding tert-OH is 1. The number of halogens is 3. The number of hydrogen-bond acceptors (Lipinski definition) is 2. The Morgan fingerprint density at radius 2 is 1.96 bits per heavy atom. The normalized spacial score (nSPS) is 14.1. The summed E-state index contributed by atoms with van der Waals surface area (Å²) in [4.78, 5) is 4.03. The van der Waals surface area contributed by atoms with E-state index in [-0.39, 0.29) is 23.8 Å². The zero-order chi connectivity index (χ0) is 18.9. The van der Waals surface area contributed by atoms with Gasteiger partial charge in [-0.15, -0.1) is 0 Å². The molecule has 0 bridgehead atoms. The van der Waals surface area contributed by atoms with Crippen LogP contribution in [0.3, 0.4) is 0 Å². The summed E-state index contributed by atoms with van der Waals surface area (Å²) in [6.45, 7) is 8.88. The third-order valence-corrected chi connectivity index (χ3v) is 3.72. The molecule has 0 radical (unpaired) electrons. The van der Waals surface area contributed by atoms with Crippen LogP contribution in [0.25, 0.3) is 0 Å². The van der Waals surface area contributed by atoms with Crippen molar-refractivity contribution in [2.75, 3.05) is 0 Å². The van der Waals surface area contributed by atoms with E-state index >= 15 is 0 Å². The molecule has 2 nitrogen and oxygen atoms in total. The highest BCUT2D eigenvalue weighted by Crippen LogP contribution is 2.33. The van der Waals surface area contributed by atoms with Gasteiger partial charge in [0.05, 0.1) is 12.3 Å². The molecule has 0 fully saturated rings. The van der Waals surface area contributed by atoms with Crippen molar-refractivity contribution in [1.29, 1.82) is 0 Å². The number of aliphatic hydroxyl groups is 1. The van der Waals surface area contributed by atoms with Gasteiger partial charge in [-0.2, -0.15) is 8.78 Å². The number of aliphatic imine (C=N–C) groups is 1. The van der Waals surface area contributed by atoms with Gasteiger partial charge in [0.15, 0.2) is 0 Å². The van der Waals surface area contributed by atoms with Gasteiger partial charge in [0.1, 0.15) is 11.5 Å². The summed E-state index contributed by atoms with van der Waals surface area (Å²) < 4.78 is 41.3. The molecule has 0 amide bonds. The molecular formula is C18H27F3NOP. The maximum absolute atomic E-state index is 14.2. The Morgan fingerprint density at radius 3 is 2.33 bits per heavy atom. The molecule has 0 heterocycles. The van der Waals surface area contributed by atoms with Crippen LogP contribution in [-0.4, -0.2) is 16.5 Å². The lowest BCUT2D eigenvalue weighted by Crippen LogP contribution is -2.17. The van der Waals surface area contributed by atoms with Crippen LogP contribution >= 0.6 is 9.24 Å². The lowest BCUT2D eigenvalue weighted by atomic mass is 9.94. The van der Waals surface area contributed by atoms with Crippen LogP contribution in [0, 0.1) is 11.7 Å². The molecule has 24 heavy (non-hydrogen) atoms. The number of nitrogens with zero attached hydrogens (tertiary/aromatic N) is 1. The minimum atomic E-state index is -3.17. The van der Waals surface area contributed by atoms with E-state index in [2.05, 4.69) is 4.99 Å². The molecule has 1 aromatic carbocycles. The van der Waals surface area contributed by atoms with Gasteiger partial charge in [-0.05, 0) is 37.0 Å². The Hall–Kier alpha value is -1.19. The molecule has 0 spiro atoms. The first-order valence-corrected chi connectivity index (χ1v) is 8.64. The minimum absolute atomic E-state index is 0.181. The number of benzene rings is 1. The largest absolute Gasteiger partial charge is 0.392 e. The second-order valence-corrected chi connectivity index (χ2v) is 5.80. The maximum atomic E-state index is 14.2. The summed E-state index contributed by atoms with van der Waals surface area (Å²) >= 11 is 0. The zero-order valence-electron chi connectivity index (χ0n) is 14.9. The average molecular weight is 361 g/mol. The Morgan fingerprint density at radius 1 is 1.38 bits per heavy atom. The Labute approximate surface area is 145 Å². The van der Waals surface area contributed by atoms with Gasteiger partial charge in [0.25, 0.3) is 5.66 Å². The molecule has 1 rings (SSSR count). The van der Waals surface area contributed by atoms with Gasteiger partial charge < -0.3 is 5.11 Å². The van der Waals surface area contributed by atoms with E-state index in [0.717, 1.165) is 0 Å². The Bertz CT molecular complexity index is 580. The number of allylic oxidation sites excluding steroid dienone is 2. The number of alkyl halides is 2. The van der Waals surface area contributed by atoms with Gasteiger partial charge >= 0.3 is 0 Å². The fourth-order valence-electron chi connectivity index (χ4n) is 1.96. The standard InChI is InChI=1S/C16H21F3NOP.C2H6/c1-4-10(3)15(20-14(5-2)16(18,19)22)12-7-6-11(9-21)8-13(12)17;1-2/h5-8,10,21H,4,9,22H2,1-3H3;1-2H3/b14-5-,20-15?;. The average Bonchev–Trinajstić information content (AvgIpc) is 2.56. The first-order valence-electron chi connectivity index (χ1n) is 8.06. The van der Waals surface area contributed by atoms with E-state index in [0.29, 0.717) is 12.0 Å². The first kappa shape index (κ1) is 22.8. The first-order chi connectivity index (χ1) is 11.2. The molecule has 1 aromatic rings. The lowest BCUT2D eigenvalue weighted by molar-refractivity contribution is 0.145. The molecule has 0 aliphatic heterocycles. The van der Waals surface area contributed by atoms with E-state index < -0.39 is 17.2 Å². The highest BCUT2D eigenvalue weighted by Gasteiger charge is 2.28. The maximum Gasteiger partial charge on any atom is 0.299 e. The third-order valence-electron chi connectivity index (χ3n) is 3.43. The summed E-state index contributed by atoms with van der Waals surface area (Å²) in [6.07, 6.45) is 1.86. The molecule has 1 N–H and O–H groups in total. The predicted octanol–water partition coefficient (Wildman–Crippen LogP) is 5.55. The van der Waals surface area contributed by atoms with E-state index in [1.54, 1.807) is 6.07 Å². The van der Waals surface area contributed by atoms with Crippen LogP contribution in [0.4, 0.5) is 13.2 Å². The SMILES string of the molecule is C/C=C(\N=C(c1ccc(CO)cc1F)C(C)CC)C(F)(F)P.CC. The van der Waals surface area contributed by atoms with Crippen molar-refractivity contribution in [3.63, 3.8) is 0 Å². The quantitative estimate of drug-likeness (QED) is 0.523. The van der Waals surface area contributed by atoms with Gasteiger partial charge in [0, 0.05) is 5.56 Å². The highest BCUT2D eigenvalue weighted by molar-refractivity contribution is 7.18. The summed E-state index contributed by atoms with van der Waals surface area (Å²) in [5.41, 5.74) is -2.71. The Balaban J connectivity index is 0.00000254. The molecule has 0 aromatic heterocycles. The van der Waals surface area contributed by atoms with E-state index in [1.165, 1.54) is 34.4 Å². The molecule has 0 aliphatic rings. The fraction of sp³-hybridized carbons (Fsp3) is 0.500. The molecule has 136 valence electrons. The highest BCUT2D eigenvalue weighted by atomic mass is 31.0. The van der Waals surface area contributed by atoms with Crippen LogP contribution < -0.4 is 0 Å². The van der Waals surface area contributed by atoms with Crippen molar-refractivity contribution in [3.8, 4) is 0 Å². The molecule has 6 heteroatoms. The van der Waals surface area contributed by atoms with E-state index in [4.69, 9.17) is 5.11 Å². The third kappa shape index (κ3) is 6.37. The van der Waals surface area contributed by atoms with Crippen LogP contribution in [0.1, 0.15) is 52.2 Å². The van der Waals surface area contributed by atoms with E-state index in [9.17, 15) is 13.2 Å². The van der Waals surface area contributed by atoms with Crippen molar-refractivity contribution in [1.82, 2.24) is 0 Å². The van der Waals surface area contributed by atoms with Crippen molar-refractivity contribution >= 4 is 15.0 Å². The molecule has 2 unspecified atom stereocenters. The van der Waals surface area contributed by atoms with Gasteiger partial charge in [-0.25, -0.2) is 4.39 Å². The smallest absolute Gasteiger partial charge is 0.299 e. The lowest BCUT2D eigenvalue weighted by Gasteiger charge is -2.18. The molecule has 0 aliphatic carbocycles. The van der Waals surface area contributed by atoms with Crippen molar-refractivity contribution in [2.24, 2.45) is 10.9 Å². The zero-order valence-corrected chi connectivity index (χ0v) is 16.1. The van der Waals surface area contributed by atoms with E-state index in [1.807, 2.05) is 27.7 Å². The van der Waals surface area contributed by atoms with Gasteiger partial charge in [-0.3, -0.25) is 4.99 Å². The summed E-state index contributed by atoms with van der Waals surface area (Å²) in [7, 11) is 1.44. The topological polar surface area (TPSA) is 32.6 Å². The molecular weight excluding hydrogens is 334 g/mol. The number of hydrogen-bond donors (Lipinski definition) is 1. The predicted molar refractivity (Wildman–Crippen MR) is 98.1 cm³/mol. The fourth-order valence-corrected chi connectivity index (χ4v) is 2.19. The summed E-state index contributed by atoms with van der Waals surface area (Å²) in [6, 6.07) is 4.23. The number of rotatable bonds is 6. The van der Waals surface area contributed by atoms with Crippen LogP contribution in [-0.2, 0) is 6.61 Å². The van der Waals surface area contributed by atoms with Crippen molar-refractivity contribution in [2.45, 2.75) is 53.3 Å². The van der Waals surface area contributed by atoms with Crippen molar-refractivity contribution < 1.29 is 18.3 Å². The second-order valence-electron chi connectivity index (χ2n) is 5.08. The van der Waals surface area contributed by atoms with Gasteiger partial charge in [-0.1, -0.05) is 49.1 Å². The Kier molecular flexibility index (Phi) is 10.1. The van der Waals surface area contributed by atoms with Crippen LogP contribution in [0.2, 0.25) is 0 Å². The van der Waals surface area contributed by atoms with Crippen molar-refractivity contribution in [3.05, 3.63) is 46.9 Å². The minimum Gasteiger partial charge on any atom is -0.392 e. The summed E-state index contributed by atoms with van der Waals surface area (Å²) in [5.74, 6) is -0.759. The molecule has 0 saturated carbocycles. The second kappa shape index (κ2) is 10.6. The molecule has 0 saturated heterocycles. The summed E-state index contributed by atoms with van der Waals surface area (Å²) in [5, 5.41) is 9.03.